The van der Waals surface area contributed by atoms with Gasteiger partial charge in [-0.15, -0.1) is 0 Å². The number of hydrogen-bond donors (Lipinski definition) is 1. The van der Waals surface area contributed by atoms with Crippen molar-refractivity contribution in [2.75, 3.05) is 0 Å². The van der Waals surface area contributed by atoms with Crippen LogP contribution in [0.4, 0.5) is 0 Å². The van der Waals surface area contributed by atoms with E-state index in [1.807, 2.05) is 0 Å². The topological polar surface area (TPSA) is 32.8 Å². The van der Waals surface area contributed by atoms with Gasteiger partial charge >= 0.3 is 0 Å². The van der Waals surface area contributed by atoms with Gasteiger partial charge in [-0.1, -0.05) is 27.2 Å². The van der Waals surface area contributed by atoms with Crippen molar-refractivity contribution in [2.24, 2.45) is 22.2 Å². The number of aliphatic hydroxyl groups excluding tert-OH is 1. The number of epoxide rings is 1. The van der Waals surface area contributed by atoms with Crippen LogP contribution >= 0.6 is 0 Å². The summed E-state index contributed by atoms with van der Waals surface area (Å²) in [7, 11) is 0. The second-order valence-corrected chi connectivity index (χ2v) is 8.05. The Balaban J connectivity index is 1.87. The SMILES string of the molecule is CC1(C)CCC[C@@]2(C)[C@@H](O)[C@H]3O[C@@]3(C)[C@@H]3C[C@]312. The molecule has 4 rings (SSSR count). The standard InChI is InChI=1S/C15H24O2/c1-12(2)6-5-7-13(3)10(16)11-14(4,17-11)9-8-15(9,12)13/h9-11,16H,5-8H2,1-4H3/t9-,10-,11+,13-,14-,15-/m0/s1. The molecule has 1 aliphatic heterocycles. The monoisotopic (exact) mass is 236 g/mol. The number of rotatable bonds is 0. The molecule has 4 fully saturated rings. The highest BCUT2D eigenvalue weighted by Gasteiger charge is 2.87. The second-order valence-electron chi connectivity index (χ2n) is 8.05. The summed E-state index contributed by atoms with van der Waals surface area (Å²) in [6.07, 6.45) is 4.92. The molecule has 1 spiro atoms. The van der Waals surface area contributed by atoms with Gasteiger partial charge in [-0.2, -0.15) is 0 Å². The first-order chi connectivity index (χ1) is 7.80. The molecular weight excluding hydrogens is 212 g/mol. The van der Waals surface area contributed by atoms with Gasteiger partial charge in [0.2, 0.25) is 0 Å². The van der Waals surface area contributed by atoms with Crippen LogP contribution in [0.1, 0.15) is 53.4 Å². The van der Waals surface area contributed by atoms with Gasteiger partial charge in [-0.05, 0) is 42.9 Å². The average molecular weight is 236 g/mol. The van der Waals surface area contributed by atoms with E-state index in [2.05, 4.69) is 27.7 Å². The zero-order chi connectivity index (χ0) is 12.3. The summed E-state index contributed by atoms with van der Waals surface area (Å²) in [5.74, 6) is 0.698. The molecule has 3 aliphatic carbocycles. The molecule has 17 heavy (non-hydrogen) atoms. The Labute approximate surface area is 104 Å². The van der Waals surface area contributed by atoms with Crippen molar-refractivity contribution in [2.45, 2.75) is 71.2 Å². The second kappa shape index (κ2) is 2.46. The Morgan fingerprint density at radius 1 is 1.12 bits per heavy atom. The van der Waals surface area contributed by atoms with Gasteiger partial charge in [0.1, 0.15) is 6.10 Å². The van der Waals surface area contributed by atoms with Crippen molar-refractivity contribution in [3.8, 4) is 0 Å². The Morgan fingerprint density at radius 2 is 1.82 bits per heavy atom. The molecule has 4 aliphatic rings. The summed E-state index contributed by atoms with van der Waals surface area (Å²) in [6, 6.07) is 0. The summed E-state index contributed by atoms with van der Waals surface area (Å²) in [5, 5.41) is 10.7. The lowest BCUT2D eigenvalue weighted by atomic mass is 9.48. The predicted molar refractivity (Wildman–Crippen MR) is 65.6 cm³/mol. The molecule has 2 heteroatoms. The molecule has 1 saturated heterocycles. The molecule has 0 amide bonds. The number of ether oxygens (including phenoxy) is 1. The van der Waals surface area contributed by atoms with Gasteiger partial charge in [-0.3, -0.25) is 0 Å². The van der Waals surface area contributed by atoms with E-state index < -0.39 is 0 Å². The van der Waals surface area contributed by atoms with E-state index in [1.54, 1.807) is 0 Å². The predicted octanol–water partition coefficient (Wildman–Crippen LogP) is 2.74. The molecule has 1 heterocycles. The summed E-state index contributed by atoms with van der Waals surface area (Å²) in [5.41, 5.74) is 0.818. The molecule has 0 unspecified atom stereocenters. The Bertz CT molecular complexity index is 404. The highest BCUT2D eigenvalue weighted by atomic mass is 16.6. The normalized spacial score (nSPS) is 66.5. The third-order valence-corrected chi connectivity index (χ3v) is 7.21. The van der Waals surface area contributed by atoms with Crippen LogP contribution in [0.25, 0.3) is 0 Å². The number of fused-ring (bicyclic) bond motifs is 2. The average Bonchev–Trinajstić information content (AvgIpc) is 3.06. The van der Waals surface area contributed by atoms with E-state index in [0.717, 1.165) is 0 Å². The highest BCUT2D eigenvalue weighted by Crippen LogP contribution is 2.85. The minimum atomic E-state index is -0.245. The maximum atomic E-state index is 10.7. The van der Waals surface area contributed by atoms with Crippen LogP contribution in [0, 0.1) is 22.2 Å². The van der Waals surface area contributed by atoms with Gasteiger partial charge in [0, 0.05) is 5.41 Å². The molecule has 0 aromatic carbocycles. The molecule has 0 aromatic heterocycles. The first-order valence-corrected chi connectivity index (χ1v) is 7.15. The van der Waals surface area contributed by atoms with E-state index in [0.29, 0.717) is 16.7 Å². The lowest BCUT2D eigenvalue weighted by Gasteiger charge is -2.56. The van der Waals surface area contributed by atoms with E-state index in [4.69, 9.17) is 4.74 Å². The third-order valence-electron chi connectivity index (χ3n) is 7.21. The summed E-state index contributed by atoms with van der Waals surface area (Å²) < 4.78 is 5.93. The van der Waals surface area contributed by atoms with Crippen molar-refractivity contribution in [1.82, 2.24) is 0 Å². The summed E-state index contributed by atoms with van der Waals surface area (Å²) in [4.78, 5) is 0. The number of aliphatic hydroxyl groups is 1. The minimum absolute atomic E-state index is 0.00748. The van der Waals surface area contributed by atoms with Crippen LogP contribution in [-0.2, 0) is 4.74 Å². The molecule has 0 radical (unpaired) electrons. The van der Waals surface area contributed by atoms with Crippen molar-refractivity contribution >= 4 is 0 Å². The smallest absolute Gasteiger partial charge is 0.114 e. The van der Waals surface area contributed by atoms with Gasteiger partial charge in [0.15, 0.2) is 0 Å². The fraction of sp³-hybridized carbons (Fsp3) is 1.00. The molecule has 3 saturated carbocycles. The lowest BCUT2D eigenvalue weighted by Crippen LogP contribution is -2.57. The molecule has 1 N–H and O–H groups in total. The van der Waals surface area contributed by atoms with Crippen LogP contribution in [0.2, 0.25) is 0 Å². The fourth-order valence-electron chi connectivity index (χ4n) is 6.09. The maximum absolute atomic E-state index is 10.7. The van der Waals surface area contributed by atoms with E-state index in [9.17, 15) is 5.11 Å². The van der Waals surface area contributed by atoms with Gasteiger partial charge in [0.25, 0.3) is 0 Å². The van der Waals surface area contributed by atoms with Crippen molar-refractivity contribution in [3.63, 3.8) is 0 Å². The Morgan fingerprint density at radius 3 is 2.53 bits per heavy atom. The fourth-order valence-corrected chi connectivity index (χ4v) is 6.09. The quantitative estimate of drug-likeness (QED) is 0.656. The third kappa shape index (κ3) is 0.859. The zero-order valence-electron chi connectivity index (χ0n) is 11.4. The minimum Gasteiger partial charge on any atom is -0.390 e. The van der Waals surface area contributed by atoms with Gasteiger partial charge < -0.3 is 9.84 Å². The van der Waals surface area contributed by atoms with Gasteiger partial charge in [0.05, 0.1) is 11.7 Å². The molecule has 2 nitrogen and oxygen atoms in total. The van der Waals surface area contributed by atoms with Crippen molar-refractivity contribution < 1.29 is 9.84 Å². The highest BCUT2D eigenvalue weighted by molar-refractivity contribution is 5.34. The van der Waals surface area contributed by atoms with Crippen molar-refractivity contribution in [3.05, 3.63) is 0 Å². The summed E-state index contributed by atoms with van der Waals surface area (Å²) >= 11 is 0. The van der Waals surface area contributed by atoms with Crippen molar-refractivity contribution in [1.29, 1.82) is 0 Å². The van der Waals surface area contributed by atoms with Crippen LogP contribution < -0.4 is 0 Å². The van der Waals surface area contributed by atoms with E-state index in [-0.39, 0.29) is 23.2 Å². The lowest BCUT2D eigenvalue weighted by molar-refractivity contribution is -0.129. The molecule has 96 valence electrons. The molecule has 0 bridgehead atoms. The van der Waals surface area contributed by atoms with Crippen LogP contribution in [-0.4, -0.2) is 22.9 Å². The van der Waals surface area contributed by atoms with Crippen LogP contribution in [0.5, 0.6) is 0 Å². The maximum Gasteiger partial charge on any atom is 0.114 e. The Hall–Kier alpha value is -0.0800. The first-order valence-electron chi connectivity index (χ1n) is 7.15. The largest absolute Gasteiger partial charge is 0.390 e. The van der Waals surface area contributed by atoms with Crippen LogP contribution in [0.15, 0.2) is 0 Å². The molecule has 6 atom stereocenters. The summed E-state index contributed by atoms with van der Waals surface area (Å²) in [6.45, 7) is 9.40. The molecular formula is C15H24O2. The number of hydrogen-bond acceptors (Lipinski definition) is 2. The van der Waals surface area contributed by atoms with E-state index >= 15 is 0 Å². The van der Waals surface area contributed by atoms with Crippen LogP contribution in [0.3, 0.4) is 0 Å². The van der Waals surface area contributed by atoms with E-state index in [1.165, 1.54) is 25.7 Å². The zero-order valence-corrected chi connectivity index (χ0v) is 11.4. The van der Waals surface area contributed by atoms with Gasteiger partial charge in [-0.25, -0.2) is 0 Å². The first kappa shape index (κ1) is 10.8. The Kier molecular flexibility index (Phi) is 1.57. The molecule has 0 aromatic rings.